The van der Waals surface area contributed by atoms with E-state index >= 15 is 0 Å². The topological polar surface area (TPSA) is 47.0 Å². The van der Waals surface area contributed by atoms with Gasteiger partial charge in [0.2, 0.25) is 0 Å². The summed E-state index contributed by atoms with van der Waals surface area (Å²) in [7, 11) is 1.69. The minimum atomic E-state index is 0.869. The third kappa shape index (κ3) is 2.96. The maximum absolute atomic E-state index is 5.24. The summed E-state index contributed by atoms with van der Waals surface area (Å²) in [4.78, 5) is 9.16. The number of nitrogens with one attached hydrogen (secondary N) is 1. The summed E-state index contributed by atoms with van der Waals surface area (Å²) >= 11 is 0. The summed E-state index contributed by atoms with van der Waals surface area (Å²) in [5, 5.41) is 3.34. The number of ether oxygens (including phenoxy) is 1. The predicted molar refractivity (Wildman–Crippen MR) is 77.8 cm³/mol. The van der Waals surface area contributed by atoms with Crippen LogP contribution in [0, 0.1) is 0 Å². The number of methoxy groups -OCH3 is 1. The van der Waals surface area contributed by atoms with Crippen molar-refractivity contribution in [3.8, 4) is 5.75 Å². The molecule has 0 amide bonds. The van der Waals surface area contributed by atoms with Gasteiger partial charge in [-0.15, -0.1) is 0 Å². The Morgan fingerprint density at radius 3 is 3.15 bits per heavy atom. The lowest BCUT2D eigenvalue weighted by Gasteiger charge is -2.16. The van der Waals surface area contributed by atoms with Crippen LogP contribution < -0.4 is 10.1 Å². The van der Waals surface area contributed by atoms with Crippen molar-refractivity contribution in [1.29, 1.82) is 0 Å². The maximum Gasteiger partial charge on any atom is 0.128 e. The fourth-order valence-corrected chi connectivity index (χ4v) is 2.48. The number of hydrogen-bond acceptors (Lipinski definition) is 4. The number of aryl methyl sites for hydroxylation is 2. The third-order valence-corrected chi connectivity index (χ3v) is 3.63. The summed E-state index contributed by atoms with van der Waals surface area (Å²) in [5.74, 6) is 1.84. The average molecular weight is 269 g/mol. The minimum Gasteiger partial charge on any atom is -0.497 e. The van der Waals surface area contributed by atoms with Crippen molar-refractivity contribution in [2.75, 3.05) is 13.7 Å². The Hall–Kier alpha value is -1.94. The molecule has 2 aromatic rings. The van der Waals surface area contributed by atoms with Crippen LogP contribution in [0.1, 0.15) is 22.6 Å². The molecule has 0 atom stereocenters. The van der Waals surface area contributed by atoms with Crippen LogP contribution in [0.2, 0.25) is 0 Å². The second-order valence-corrected chi connectivity index (χ2v) is 5.04. The van der Waals surface area contributed by atoms with Crippen molar-refractivity contribution in [3.63, 3.8) is 0 Å². The van der Waals surface area contributed by atoms with E-state index in [4.69, 9.17) is 4.74 Å². The first kappa shape index (κ1) is 13.1. The SMILES string of the molecule is COc1cccc(CCc2ncc3c(n2)CCNC3)c1. The Morgan fingerprint density at radius 2 is 2.25 bits per heavy atom. The standard InChI is InChI=1S/C16H19N3O/c1-20-14-4-2-3-12(9-14)5-6-16-18-11-13-10-17-8-7-15(13)19-16/h2-4,9,11,17H,5-8,10H2,1H3. The molecule has 1 aromatic heterocycles. The van der Waals surface area contributed by atoms with Crippen LogP contribution in [-0.2, 0) is 25.8 Å². The molecule has 0 saturated carbocycles. The molecular weight excluding hydrogens is 250 g/mol. The summed E-state index contributed by atoms with van der Waals surface area (Å²) in [6.45, 7) is 1.91. The van der Waals surface area contributed by atoms with E-state index in [1.165, 1.54) is 16.8 Å². The minimum absolute atomic E-state index is 0.869. The highest BCUT2D eigenvalue weighted by Crippen LogP contribution is 2.15. The van der Waals surface area contributed by atoms with Crippen molar-refractivity contribution in [1.82, 2.24) is 15.3 Å². The van der Waals surface area contributed by atoms with Crippen molar-refractivity contribution in [2.24, 2.45) is 0 Å². The Bertz CT molecular complexity index is 598. The molecule has 4 heteroatoms. The van der Waals surface area contributed by atoms with E-state index in [2.05, 4.69) is 27.4 Å². The van der Waals surface area contributed by atoms with E-state index in [0.29, 0.717) is 0 Å². The zero-order valence-electron chi connectivity index (χ0n) is 11.7. The molecule has 3 rings (SSSR count). The van der Waals surface area contributed by atoms with Crippen LogP contribution in [0.4, 0.5) is 0 Å². The molecule has 2 heterocycles. The van der Waals surface area contributed by atoms with Crippen LogP contribution in [0.3, 0.4) is 0 Å². The average Bonchev–Trinajstić information content (AvgIpc) is 2.53. The predicted octanol–water partition coefficient (Wildman–Crippen LogP) is 1.92. The van der Waals surface area contributed by atoms with Crippen LogP contribution in [0.5, 0.6) is 5.75 Å². The highest BCUT2D eigenvalue weighted by atomic mass is 16.5. The van der Waals surface area contributed by atoms with Crippen molar-refractivity contribution >= 4 is 0 Å². The molecular formula is C16H19N3O. The summed E-state index contributed by atoms with van der Waals surface area (Å²) in [5.41, 5.74) is 3.70. The second-order valence-electron chi connectivity index (χ2n) is 5.04. The number of fused-ring (bicyclic) bond motifs is 1. The number of aromatic nitrogens is 2. The van der Waals surface area contributed by atoms with E-state index in [9.17, 15) is 0 Å². The monoisotopic (exact) mass is 269 g/mol. The lowest BCUT2D eigenvalue weighted by molar-refractivity contribution is 0.414. The fourth-order valence-electron chi connectivity index (χ4n) is 2.48. The van der Waals surface area contributed by atoms with Gasteiger partial charge in [-0.25, -0.2) is 9.97 Å². The van der Waals surface area contributed by atoms with Gasteiger partial charge < -0.3 is 10.1 Å². The molecule has 4 nitrogen and oxygen atoms in total. The molecule has 104 valence electrons. The van der Waals surface area contributed by atoms with Gasteiger partial charge in [-0.05, 0) is 24.1 Å². The second kappa shape index (κ2) is 6.01. The Kier molecular flexibility index (Phi) is 3.92. The number of nitrogens with zero attached hydrogens (tertiary/aromatic N) is 2. The summed E-state index contributed by atoms with van der Waals surface area (Å²) in [6.07, 6.45) is 4.78. The van der Waals surface area contributed by atoms with E-state index in [-0.39, 0.29) is 0 Å². The normalized spacial score (nSPS) is 13.8. The van der Waals surface area contributed by atoms with Gasteiger partial charge in [0.15, 0.2) is 0 Å². The molecule has 1 aromatic carbocycles. The first-order valence-electron chi connectivity index (χ1n) is 7.02. The Balaban J connectivity index is 1.68. The van der Waals surface area contributed by atoms with E-state index < -0.39 is 0 Å². The zero-order chi connectivity index (χ0) is 13.8. The van der Waals surface area contributed by atoms with Crippen LogP contribution in [-0.4, -0.2) is 23.6 Å². The molecule has 1 aliphatic rings. The molecule has 1 aliphatic heterocycles. The Labute approximate surface area is 119 Å². The highest BCUT2D eigenvalue weighted by Gasteiger charge is 2.11. The number of rotatable bonds is 4. The zero-order valence-corrected chi connectivity index (χ0v) is 11.7. The largest absolute Gasteiger partial charge is 0.497 e. The first-order valence-corrected chi connectivity index (χ1v) is 7.02. The van der Waals surface area contributed by atoms with Gasteiger partial charge in [0.25, 0.3) is 0 Å². The molecule has 0 aliphatic carbocycles. The van der Waals surface area contributed by atoms with Gasteiger partial charge in [0.05, 0.1) is 7.11 Å². The highest BCUT2D eigenvalue weighted by molar-refractivity contribution is 5.29. The maximum atomic E-state index is 5.24. The van der Waals surface area contributed by atoms with E-state index in [1.54, 1.807) is 7.11 Å². The van der Waals surface area contributed by atoms with Crippen LogP contribution in [0.25, 0.3) is 0 Å². The molecule has 0 fully saturated rings. The summed E-state index contributed by atoms with van der Waals surface area (Å²) < 4.78 is 5.24. The number of hydrogen-bond donors (Lipinski definition) is 1. The van der Waals surface area contributed by atoms with Crippen molar-refractivity contribution in [3.05, 3.63) is 53.1 Å². The molecule has 1 N–H and O–H groups in total. The van der Waals surface area contributed by atoms with Crippen LogP contribution in [0.15, 0.2) is 30.5 Å². The lowest BCUT2D eigenvalue weighted by atomic mass is 10.1. The van der Waals surface area contributed by atoms with Gasteiger partial charge in [0.1, 0.15) is 11.6 Å². The smallest absolute Gasteiger partial charge is 0.128 e. The molecule has 0 saturated heterocycles. The Morgan fingerprint density at radius 1 is 1.30 bits per heavy atom. The van der Waals surface area contributed by atoms with Gasteiger partial charge in [-0.2, -0.15) is 0 Å². The van der Waals surface area contributed by atoms with Crippen molar-refractivity contribution < 1.29 is 4.74 Å². The van der Waals surface area contributed by atoms with Crippen molar-refractivity contribution in [2.45, 2.75) is 25.8 Å². The van der Waals surface area contributed by atoms with Gasteiger partial charge in [-0.1, -0.05) is 12.1 Å². The van der Waals surface area contributed by atoms with Gasteiger partial charge >= 0.3 is 0 Å². The summed E-state index contributed by atoms with van der Waals surface area (Å²) in [6, 6.07) is 8.17. The molecule has 0 spiro atoms. The lowest BCUT2D eigenvalue weighted by Crippen LogP contribution is -2.25. The van der Waals surface area contributed by atoms with E-state index in [1.807, 2.05) is 18.3 Å². The van der Waals surface area contributed by atoms with Crippen LogP contribution >= 0.6 is 0 Å². The molecule has 0 unspecified atom stereocenters. The van der Waals surface area contributed by atoms with Gasteiger partial charge in [-0.3, -0.25) is 0 Å². The quantitative estimate of drug-likeness (QED) is 0.921. The first-order chi connectivity index (χ1) is 9.85. The third-order valence-electron chi connectivity index (χ3n) is 3.63. The van der Waals surface area contributed by atoms with Gasteiger partial charge in [0, 0.05) is 43.4 Å². The molecule has 20 heavy (non-hydrogen) atoms. The molecule has 0 bridgehead atoms. The number of benzene rings is 1. The molecule has 0 radical (unpaired) electrons. The fraction of sp³-hybridized carbons (Fsp3) is 0.375. The van der Waals surface area contributed by atoms with E-state index in [0.717, 1.165) is 43.9 Å².